The Morgan fingerprint density at radius 1 is 1.12 bits per heavy atom. The van der Waals surface area contributed by atoms with E-state index >= 15 is 0 Å². The van der Waals surface area contributed by atoms with Gasteiger partial charge < -0.3 is 5.32 Å². The Bertz CT molecular complexity index is 410. The number of amides is 2. The van der Waals surface area contributed by atoms with Crippen LogP contribution in [0.25, 0.3) is 0 Å². The van der Waals surface area contributed by atoms with Crippen molar-refractivity contribution in [3.63, 3.8) is 0 Å². The van der Waals surface area contributed by atoms with Gasteiger partial charge in [-0.25, -0.2) is 0 Å². The van der Waals surface area contributed by atoms with Crippen LogP contribution >= 0.6 is 0 Å². The molecule has 1 aliphatic rings. The van der Waals surface area contributed by atoms with Crippen molar-refractivity contribution in [2.24, 2.45) is 0 Å². The molecule has 0 aliphatic carbocycles. The van der Waals surface area contributed by atoms with Gasteiger partial charge in [0.25, 0.3) is 0 Å². The molecule has 0 spiro atoms. The highest BCUT2D eigenvalue weighted by atomic mass is 16.2. The van der Waals surface area contributed by atoms with E-state index in [1.165, 1.54) is 4.90 Å². The van der Waals surface area contributed by atoms with Gasteiger partial charge in [0.1, 0.15) is 0 Å². The Labute approximate surface area is 101 Å². The first kappa shape index (κ1) is 11.8. The molecule has 0 atom stereocenters. The number of anilines is 1. The maximum absolute atomic E-state index is 11.5. The standard InChI is InChI=1S/C13H16N2O2/c1-2-14-9-10-3-5-11(6-4-10)15-12(16)7-8-13(15)17/h3-6,14H,2,7-9H2,1H3. The lowest BCUT2D eigenvalue weighted by molar-refractivity contribution is -0.121. The molecule has 0 saturated carbocycles. The summed E-state index contributed by atoms with van der Waals surface area (Å²) in [5, 5.41) is 3.22. The van der Waals surface area contributed by atoms with Crippen molar-refractivity contribution >= 4 is 17.5 Å². The van der Waals surface area contributed by atoms with E-state index in [0.29, 0.717) is 18.5 Å². The highest BCUT2D eigenvalue weighted by Crippen LogP contribution is 2.22. The van der Waals surface area contributed by atoms with Crippen LogP contribution in [0.2, 0.25) is 0 Å². The van der Waals surface area contributed by atoms with Gasteiger partial charge in [0.2, 0.25) is 11.8 Å². The molecule has 2 amide bonds. The fourth-order valence-electron chi connectivity index (χ4n) is 1.90. The smallest absolute Gasteiger partial charge is 0.234 e. The predicted molar refractivity (Wildman–Crippen MR) is 65.5 cm³/mol. The molecule has 0 aromatic heterocycles. The van der Waals surface area contributed by atoms with Crippen molar-refractivity contribution < 1.29 is 9.59 Å². The second-order valence-electron chi connectivity index (χ2n) is 4.07. The van der Waals surface area contributed by atoms with E-state index in [4.69, 9.17) is 0 Å². The van der Waals surface area contributed by atoms with Crippen LogP contribution in [0.3, 0.4) is 0 Å². The molecule has 1 aromatic rings. The largest absolute Gasteiger partial charge is 0.313 e. The Morgan fingerprint density at radius 3 is 2.24 bits per heavy atom. The van der Waals surface area contributed by atoms with Crippen LogP contribution in [0.4, 0.5) is 5.69 Å². The molecule has 1 saturated heterocycles. The summed E-state index contributed by atoms with van der Waals surface area (Å²) in [5.74, 6) is -0.205. The Hall–Kier alpha value is -1.68. The van der Waals surface area contributed by atoms with Crippen LogP contribution in [0.15, 0.2) is 24.3 Å². The van der Waals surface area contributed by atoms with Crippen LogP contribution in [-0.2, 0) is 16.1 Å². The first-order valence-electron chi connectivity index (χ1n) is 5.88. The number of carbonyl (C=O) groups excluding carboxylic acids is 2. The third kappa shape index (κ3) is 2.53. The molecule has 2 rings (SSSR count). The van der Waals surface area contributed by atoms with Crippen LogP contribution in [0, 0.1) is 0 Å². The van der Waals surface area contributed by atoms with Crippen molar-refractivity contribution in [1.82, 2.24) is 5.32 Å². The summed E-state index contributed by atoms with van der Waals surface area (Å²) in [6.45, 7) is 3.78. The van der Waals surface area contributed by atoms with Crippen molar-refractivity contribution in [3.05, 3.63) is 29.8 Å². The molecule has 17 heavy (non-hydrogen) atoms. The predicted octanol–water partition coefficient (Wildman–Crippen LogP) is 1.45. The van der Waals surface area contributed by atoms with E-state index in [9.17, 15) is 9.59 Å². The molecule has 4 nitrogen and oxygen atoms in total. The number of rotatable bonds is 4. The lowest BCUT2D eigenvalue weighted by Crippen LogP contribution is -2.28. The average Bonchev–Trinajstić information content (AvgIpc) is 2.67. The second-order valence-corrected chi connectivity index (χ2v) is 4.07. The molecule has 0 bridgehead atoms. The van der Waals surface area contributed by atoms with E-state index in [0.717, 1.165) is 18.7 Å². The summed E-state index contributed by atoms with van der Waals surface area (Å²) in [4.78, 5) is 24.3. The average molecular weight is 232 g/mol. The number of benzene rings is 1. The van der Waals surface area contributed by atoms with Gasteiger partial charge in [-0.2, -0.15) is 0 Å². The minimum atomic E-state index is -0.102. The van der Waals surface area contributed by atoms with Crippen molar-refractivity contribution in [3.8, 4) is 0 Å². The summed E-state index contributed by atoms with van der Waals surface area (Å²) >= 11 is 0. The van der Waals surface area contributed by atoms with Gasteiger partial charge in [-0.3, -0.25) is 14.5 Å². The maximum Gasteiger partial charge on any atom is 0.234 e. The molecule has 0 radical (unpaired) electrons. The number of hydrogen-bond donors (Lipinski definition) is 1. The summed E-state index contributed by atoms with van der Waals surface area (Å²) in [6, 6.07) is 7.54. The SMILES string of the molecule is CCNCc1ccc(N2C(=O)CCC2=O)cc1. The molecule has 1 aromatic carbocycles. The zero-order valence-electron chi connectivity index (χ0n) is 9.90. The van der Waals surface area contributed by atoms with E-state index in [-0.39, 0.29) is 11.8 Å². The van der Waals surface area contributed by atoms with Gasteiger partial charge in [-0.1, -0.05) is 19.1 Å². The summed E-state index contributed by atoms with van der Waals surface area (Å²) < 4.78 is 0. The molecule has 1 heterocycles. The molecule has 1 N–H and O–H groups in total. The molecule has 0 unspecified atom stereocenters. The Kier molecular flexibility index (Phi) is 3.54. The van der Waals surface area contributed by atoms with Crippen LogP contribution < -0.4 is 10.2 Å². The number of nitrogens with zero attached hydrogens (tertiary/aromatic N) is 1. The third-order valence-corrected chi connectivity index (χ3v) is 2.83. The highest BCUT2D eigenvalue weighted by molar-refractivity contribution is 6.19. The number of imide groups is 1. The van der Waals surface area contributed by atoms with E-state index in [2.05, 4.69) is 12.2 Å². The maximum atomic E-state index is 11.5. The highest BCUT2D eigenvalue weighted by Gasteiger charge is 2.29. The zero-order chi connectivity index (χ0) is 12.3. The lowest BCUT2D eigenvalue weighted by atomic mass is 10.2. The topological polar surface area (TPSA) is 49.4 Å². The summed E-state index contributed by atoms with van der Waals surface area (Å²) in [5.41, 5.74) is 1.83. The van der Waals surface area contributed by atoms with Crippen LogP contribution in [0.1, 0.15) is 25.3 Å². The monoisotopic (exact) mass is 232 g/mol. The van der Waals surface area contributed by atoms with Crippen molar-refractivity contribution in [2.75, 3.05) is 11.4 Å². The molecule has 1 aliphatic heterocycles. The molecular formula is C13H16N2O2. The first-order valence-corrected chi connectivity index (χ1v) is 5.88. The minimum Gasteiger partial charge on any atom is -0.313 e. The number of carbonyl (C=O) groups is 2. The fraction of sp³-hybridized carbons (Fsp3) is 0.385. The van der Waals surface area contributed by atoms with E-state index in [1.54, 1.807) is 0 Å². The molecule has 4 heteroatoms. The summed E-state index contributed by atoms with van der Waals surface area (Å²) in [7, 11) is 0. The Balaban J connectivity index is 2.12. The van der Waals surface area contributed by atoms with Gasteiger partial charge >= 0.3 is 0 Å². The fourth-order valence-corrected chi connectivity index (χ4v) is 1.90. The number of hydrogen-bond acceptors (Lipinski definition) is 3. The van der Waals surface area contributed by atoms with E-state index < -0.39 is 0 Å². The lowest BCUT2D eigenvalue weighted by Gasteiger charge is -2.14. The van der Waals surface area contributed by atoms with Gasteiger partial charge in [0, 0.05) is 19.4 Å². The Morgan fingerprint density at radius 2 is 1.71 bits per heavy atom. The zero-order valence-corrected chi connectivity index (χ0v) is 9.90. The quantitative estimate of drug-likeness (QED) is 0.799. The number of nitrogens with one attached hydrogen (secondary N) is 1. The van der Waals surface area contributed by atoms with E-state index in [1.807, 2.05) is 24.3 Å². The third-order valence-electron chi connectivity index (χ3n) is 2.83. The van der Waals surface area contributed by atoms with Gasteiger partial charge in [0.05, 0.1) is 5.69 Å². The first-order chi connectivity index (χ1) is 8.22. The second kappa shape index (κ2) is 5.10. The van der Waals surface area contributed by atoms with Crippen LogP contribution in [-0.4, -0.2) is 18.4 Å². The van der Waals surface area contributed by atoms with Crippen molar-refractivity contribution in [2.45, 2.75) is 26.3 Å². The minimum absolute atomic E-state index is 0.102. The van der Waals surface area contributed by atoms with Crippen molar-refractivity contribution in [1.29, 1.82) is 0 Å². The summed E-state index contributed by atoms with van der Waals surface area (Å²) in [6.07, 6.45) is 0.663. The molecule has 1 fully saturated rings. The van der Waals surface area contributed by atoms with Gasteiger partial charge in [-0.15, -0.1) is 0 Å². The normalized spacial score (nSPS) is 15.7. The molecular weight excluding hydrogens is 216 g/mol. The van der Waals surface area contributed by atoms with Gasteiger partial charge in [0.15, 0.2) is 0 Å². The van der Waals surface area contributed by atoms with Gasteiger partial charge in [-0.05, 0) is 24.2 Å². The molecule has 90 valence electrons. The van der Waals surface area contributed by atoms with Crippen LogP contribution in [0.5, 0.6) is 0 Å².